The number of nitrogens with two attached hydrogens (primary N) is 1. The lowest BCUT2D eigenvalue weighted by molar-refractivity contribution is 0.409. The van der Waals surface area contributed by atoms with Crippen LogP contribution in [0.3, 0.4) is 0 Å². The second kappa shape index (κ2) is 8.45. The Balaban J connectivity index is 1.76. The third-order valence-corrected chi connectivity index (χ3v) is 3.55. The summed E-state index contributed by atoms with van der Waals surface area (Å²) in [6, 6.07) is 16.8. The monoisotopic (exact) mass is 284 g/mol. The van der Waals surface area contributed by atoms with E-state index in [0.29, 0.717) is 6.54 Å². The maximum atomic E-state index is 5.55. The molecule has 0 heterocycles. The van der Waals surface area contributed by atoms with Crippen molar-refractivity contribution >= 4 is 0 Å². The van der Waals surface area contributed by atoms with Crippen molar-refractivity contribution in [2.24, 2.45) is 5.73 Å². The number of rotatable bonds is 8. The zero-order valence-electron chi connectivity index (χ0n) is 12.6. The van der Waals surface area contributed by atoms with Crippen molar-refractivity contribution in [2.45, 2.75) is 19.4 Å². The van der Waals surface area contributed by atoms with E-state index in [1.807, 2.05) is 18.2 Å². The van der Waals surface area contributed by atoms with Gasteiger partial charge in [-0.2, -0.15) is 0 Å². The summed E-state index contributed by atoms with van der Waals surface area (Å²) >= 11 is 0. The molecule has 0 amide bonds. The molecule has 2 aromatic rings. The SMILES string of the molecule is COc1ccccc1CCNCc1ccc(CCN)cc1. The fourth-order valence-corrected chi connectivity index (χ4v) is 2.36. The Hall–Kier alpha value is -1.84. The van der Waals surface area contributed by atoms with Crippen LogP contribution >= 0.6 is 0 Å². The van der Waals surface area contributed by atoms with Crippen LogP contribution in [0.2, 0.25) is 0 Å². The van der Waals surface area contributed by atoms with Crippen molar-refractivity contribution in [3.05, 3.63) is 65.2 Å². The smallest absolute Gasteiger partial charge is 0.122 e. The van der Waals surface area contributed by atoms with E-state index in [0.717, 1.165) is 31.7 Å². The molecule has 0 radical (unpaired) electrons. The summed E-state index contributed by atoms with van der Waals surface area (Å²) in [4.78, 5) is 0. The van der Waals surface area contributed by atoms with Gasteiger partial charge in [0.2, 0.25) is 0 Å². The Morgan fingerprint density at radius 3 is 2.38 bits per heavy atom. The molecule has 112 valence electrons. The first kappa shape index (κ1) is 15.5. The Labute approximate surface area is 127 Å². The summed E-state index contributed by atoms with van der Waals surface area (Å²) in [5.74, 6) is 0.963. The van der Waals surface area contributed by atoms with Crippen molar-refractivity contribution in [3.63, 3.8) is 0 Å². The first-order valence-electron chi connectivity index (χ1n) is 7.44. The molecule has 0 aliphatic rings. The first-order valence-corrected chi connectivity index (χ1v) is 7.44. The zero-order valence-corrected chi connectivity index (χ0v) is 12.6. The first-order chi connectivity index (χ1) is 10.3. The number of hydrogen-bond donors (Lipinski definition) is 2. The van der Waals surface area contributed by atoms with Crippen LogP contribution in [0.15, 0.2) is 48.5 Å². The third kappa shape index (κ3) is 4.88. The number of nitrogens with one attached hydrogen (secondary N) is 1. The molecule has 0 bridgehead atoms. The molecule has 2 aromatic carbocycles. The molecule has 2 rings (SSSR count). The number of ether oxygens (including phenoxy) is 1. The third-order valence-electron chi connectivity index (χ3n) is 3.55. The highest BCUT2D eigenvalue weighted by Gasteiger charge is 2.01. The van der Waals surface area contributed by atoms with Gasteiger partial charge in [0.1, 0.15) is 5.75 Å². The normalized spacial score (nSPS) is 10.6. The summed E-state index contributed by atoms with van der Waals surface area (Å²) in [5, 5.41) is 3.47. The van der Waals surface area contributed by atoms with E-state index in [4.69, 9.17) is 10.5 Å². The molecular formula is C18H24N2O. The molecule has 0 atom stereocenters. The Morgan fingerprint density at radius 2 is 1.67 bits per heavy atom. The summed E-state index contributed by atoms with van der Waals surface area (Å²) in [6.45, 7) is 2.53. The standard InChI is InChI=1S/C18H24N2O/c1-21-18-5-3-2-4-17(18)11-13-20-14-16-8-6-15(7-9-16)10-12-19/h2-9,20H,10-14,19H2,1H3. The number of benzene rings is 2. The second-order valence-electron chi connectivity index (χ2n) is 5.09. The lowest BCUT2D eigenvalue weighted by Gasteiger charge is -2.09. The van der Waals surface area contributed by atoms with Gasteiger partial charge in [0, 0.05) is 6.54 Å². The molecule has 0 spiro atoms. The largest absolute Gasteiger partial charge is 0.496 e. The summed E-state index contributed by atoms with van der Waals surface area (Å²) in [6.07, 6.45) is 1.91. The van der Waals surface area contributed by atoms with Crippen LogP contribution in [0.5, 0.6) is 5.75 Å². The highest BCUT2D eigenvalue weighted by atomic mass is 16.5. The topological polar surface area (TPSA) is 47.3 Å². The minimum absolute atomic E-state index is 0.705. The van der Waals surface area contributed by atoms with Crippen LogP contribution in [-0.4, -0.2) is 20.2 Å². The van der Waals surface area contributed by atoms with E-state index in [2.05, 4.69) is 35.6 Å². The molecule has 3 N–H and O–H groups in total. The van der Waals surface area contributed by atoms with Crippen molar-refractivity contribution in [3.8, 4) is 5.75 Å². The molecule has 21 heavy (non-hydrogen) atoms. The Morgan fingerprint density at radius 1 is 0.952 bits per heavy atom. The minimum Gasteiger partial charge on any atom is -0.496 e. The average Bonchev–Trinajstić information content (AvgIpc) is 2.54. The Kier molecular flexibility index (Phi) is 6.25. The van der Waals surface area contributed by atoms with Crippen LogP contribution in [-0.2, 0) is 19.4 Å². The van der Waals surface area contributed by atoms with Crippen LogP contribution in [0.1, 0.15) is 16.7 Å². The Bertz CT molecular complexity index is 537. The molecule has 0 aromatic heterocycles. The van der Waals surface area contributed by atoms with Crippen LogP contribution in [0, 0.1) is 0 Å². The fraction of sp³-hybridized carbons (Fsp3) is 0.333. The zero-order chi connectivity index (χ0) is 14.9. The van der Waals surface area contributed by atoms with Gasteiger partial charge in [-0.1, -0.05) is 42.5 Å². The molecule has 0 aliphatic heterocycles. The van der Waals surface area contributed by atoms with Crippen LogP contribution < -0.4 is 15.8 Å². The fourth-order valence-electron chi connectivity index (χ4n) is 2.36. The van der Waals surface area contributed by atoms with Gasteiger partial charge in [0.05, 0.1) is 7.11 Å². The van der Waals surface area contributed by atoms with Gasteiger partial charge in [0.25, 0.3) is 0 Å². The molecule has 3 heteroatoms. The minimum atomic E-state index is 0.705. The van der Waals surface area contributed by atoms with Crippen LogP contribution in [0.25, 0.3) is 0 Å². The van der Waals surface area contributed by atoms with Gasteiger partial charge >= 0.3 is 0 Å². The number of methoxy groups -OCH3 is 1. The van der Waals surface area contributed by atoms with E-state index in [-0.39, 0.29) is 0 Å². The van der Waals surface area contributed by atoms with Gasteiger partial charge in [-0.05, 0) is 48.7 Å². The van der Waals surface area contributed by atoms with Gasteiger partial charge in [-0.15, -0.1) is 0 Å². The van der Waals surface area contributed by atoms with E-state index < -0.39 is 0 Å². The number of hydrogen-bond acceptors (Lipinski definition) is 3. The quantitative estimate of drug-likeness (QED) is 0.732. The summed E-state index contributed by atoms with van der Waals surface area (Å²) < 4.78 is 5.36. The molecule has 0 unspecified atom stereocenters. The lowest BCUT2D eigenvalue weighted by atomic mass is 10.1. The second-order valence-corrected chi connectivity index (χ2v) is 5.09. The van der Waals surface area contributed by atoms with Gasteiger partial charge < -0.3 is 15.8 Å². The lowest BCUT2D eigenvalue weighted by Crippen LogP contribution is -2.17. The van der Waals surface area contributed by atoms with E-state index in [9.17, 15) is 0 Å². The van der Waals surface area contributed by atoms with Crippen molar-refractivity contribution < 1.29 is 4.74 Å². The maximum absolute atomic E-state index is 5.55. The van der Waals surface area contributed by atoms with Gasteiger partial charge in [-0.25, -0.2) is 0 Å². The molecule has 0 fully saturated rings. The molecule has 0 aliphatic carbocycles. The van der Waals surface area contributed by atoms with Gasteiger partial charge in [-0.3, -0.25) is 0 Å². The molecule has 3 nitrogen and oxygen atoms in total. The average molecular weight is 284 g/mol. The van der Waals surface area contributed by atoms with Crippen LogP contribution in [0.4, 0.5) is 0 Å². The van der Waals surface area contributed by atoms with E-state index in [1.165, 1.54) is 16.7 Å². The van der Waals surface area contributed by atoms with Gasteiger partial charge in [0.15, 0.2) is 0 Å². The summed E-state index contributed by atoms with van der Waals surface area (Å²) in [7, 11) is 1.72. The van der Waals surface area contributed by atoms with E-state index >= 15 is 0 Å². The van der Waals surface area contributed by atoms with Crippen molar-refractivity contribution in [1.82, 2.24) is 5.32 Å². The predicted molar refractivity (Wildman–Crippen MR) is 87.6 cm³/mol. The highest BCUT2D eigenvalue weighted by molar-refractivity contribution is 5.33. The molecular weight excluding hydrogens is 260 g/mol. The van der Waals surface area contributed by atoms with E-state index in [1.54, 1.807) is 7.11 Å². The van der Waals surface area contributed by atoms with Crippen molar-refractivity contribution in [2.75, 3.05) is 20.2 Å². The van der Waals surface area contributed by atoms with Crippen molar-refractivity contribution in [1.29, 1.82) is 0 Å². The number of para-hydroxylation sites is 1. The molecule has 0 saturated carbocycles. The highest BCUT2D eigenvalue weighted by Crippen LogP contribution is 2.17. The molecule has 0 saturated heterocycles. The maximum Gasteiger partial charge on any atom is 0.122 e. The summed E-state index contributed by atoms with van der Waals surface area (Å²) in [5.41, 5.74) is 9.40. The predicted octanol–water partition coefficient (Wildman–Crippen LogP) is 2.53.